The van der Waals surface area contributed by atoms with Gasteiger partial charge in [0, 0.05) is 19.7 Å². The predicted octanol–water partition coefficient (Wildman–Crippen LogP) is -0.434. The van der Waals surface area contributed by atoms with Gasteiger partial charge >= 0.3 is 0 Å². The molecular weight excluding hydrogens is 270 g/mol. The average molecular weight is 295 g/mol. The van der Waals surface area contributed by atoms with Gasteiger partial charge in [-0.25, -0.2) is 8.42 Å². The topological polar surface area (TPSA) is 84.9 Å². The van der Waals surface area contributed by atoms with E-state index >= 15 is 0 Å². The van der Waals surface area contributed by atoms with Crippen LogP contribution < -0.4 is 5.32 Å². The molecule has 1 saturated heterocycles. The molecule has 0 bridgehead atoms. The van der Waals surface area contributed by atoms with E-state index in [9.17, 15) is 13.5 Å². The van der Waals surface area contributed by atoms with Crippen LogP contribution in [0.5, 0.6) is 0 Å². The monoisotopic (exact) mass is 295 g/mol. The summed E-state index contributed by atoms with van der Waals surface area (Å²) in [5.41, 5.74) is 0. The summed E-state index contributed by atoms with van der Waals surface area (Å²) in [5.74, 6) is 0.450. The lowest BCUT2D eigenvalue weighted by atomic mass is 10.2. The van der Waals surface area contributed by atoms with Gasteiger partial charge in [-0.2, -0.15) is 0 Å². The number of hydrogen-bond donors (Lipinski definition) is 2. The number of sulfone groups is 1. The molecule has 6 nitrogen and oxygen atoms in total. The van der Waals surface area contributed by atoms with Crippen LogP contribution in [0.1, 0.15) is 19.8 Å². The zero-order valence-corrected chi connectivity index (χ0v) is 12.5. The highest BCUT2D eigenvalue weighted by Crippen LogP contribution is 2.11. The first-order valence-corrected chi connectivity index (χ1v) is 8.47. The van der Waals surface area contributed by atoms with Crippen LogP contribution in [0.4, 0.5) is 0 Å². The quantitative estimate of drug-likeness (QED) is 0.632. The molecule has 0 amide bonds. The van der Waals surface area contributed by atoms with E-state index in [-0.39, 0.29) is 30.3 Å². The van der Waals surface area contributed by atoms with Crippen LogP contribution in [0.25, 0.3) is 0 Å². The van der Waals surface area contributed by atoms with E-state index in [4.69, 9.17) is 9.47 Å². The van der Waals surface area contributed by atoms with Gasteiger partial charge < -0.3 is 19.9 Å². The third kappa shape index (κ3) is 7.22. The van der Waals surface area contributed by atoms with E-state index in [0.717, 1.165) is 6.42 Å². The predicted molar refractivity (Wildman–Crippen MR) is 73.0 cm³/mol. The second-order valence-electron chi connectivity index (χ2n) is 5.11. The van der Waals surface area contributed by atoms with Crippen molar-refractivity contribution in [3.05, 3.63) is 0 Å². The summed E-state index contributed by atoms with van der Waals surface area (Å²) in [6.07, 6.45) is 0.836. The number of ether oxygens (including phenoxy) is 2. The van der Waals surface area contributed by atoms with Crippen LogP contribution in [0.2, 0.25) is 0 Å². The van der Waals surface area contributed by atoms with Gasteiger partial charge in [-0.1, -0.05) is 0 Å². The highest BCUT2D eigenvalue weighted by atomic mass is 32.2. The van der Waals surface area contributed by atoms with Crippen LogP contribution in [-0.2, 0) is 19.3 Å². The molecule has 1 aliphatic heterocycles. The van der Waals surface area contributed by atoms with Crippen LogP contribution in [0.15, 0.2) is 0 Å². The van der Waals surface area contributed by atoms with Gasteiger partial charge in [0.15, 0.2) is 9.84 Å². The van der Waals surface area contributed by atoms with Crippen molar-refractivity contribution in [3.63, 3.8) is 0 Å². The minimum atomic E-state index is -2.90. The molecule has 114 valence electrons. The fourth-order valence-electron chi connectivity index (χ4n) is 2.10. The van der Waals surface area contributed by atoms with Crippen molar-refractivity contribution in [2.75, 3.05) is 38.4 Å². The number of nitrogens with one attached hydrogen (secondary N) is 1. The van der Waals surface area contributed by atoms with Gasteiger partial charge in [-0.15, -0.1) is 0 Å². The van der Waals surface area contributed by atoms with Crippen molar-refractivity contribution in [1.82, 2.24) is 5.32 Å². The number of rotatable bonds is 8. The third-order valence-electron chi connectivity index (χ3n) is 3.08. The fourth-order valence-corrected chi connectivity index (χ4v) is 3.77. The molecular formula is C12H25NO5S. The SMILES string of the molecule is COCC(C)OCC(O)CNC1CCCS(=O)(=O)C1. The standard InChI is InChI=1S/C12H25NO5S/c1-10(7-17-2)18-8-12(14)6-13-11-4-3-5-19(15,16)9-11/h10-14H,3-9H2,1-2H3. The van der Waals surface area contributed by atoms with E-state index in [1.54, 1.807) is 7.11 Å². The van der Waals surface area contributed by atoms with E-state index in [1.165, 1.54) is 0 Å². The first-order valence-electron chi connectivity index (χ1n) is 6.65. The van der Waals surface area contributed by atoms with Crippen molar-refractivity contribution in [1.29, 1.82) is 0 Å². The maximum atomic E-state index is 11.5. The van der Waals surface area contributed by atoms with Gasteiger partial charge in [0.1, 0.15) is 0 Å². The summed E-state index contributed by atoms with van der Waals surface area (Å²) < 4.78 is 33.2. The zero-order chi connectivity index (χ0) is 14.3. The molecule has 1 heterocycles. The summed E-state index contributed by atoms with van der Waals surface area (Å²) in [7, 11) is -1.31. The summed E-state index contributed by atoms with van der Waals surface area (Å²) in [4.78, 5) is 0. The maximum absolute atomic E-state index is 11.5. The Balaban J connectivity index is 2.17. The molecule has 2 N–H and O–H groups in total. The molecule has 3 unspecified atom stereocenters. The van der Waals surface area contributed by atoms with Crippen LogP contribution >= 0.6 is 0 Å². The molecule has 0 aromatic carbocycles. The number of methoxy groups -OCH3 is 1. The number of aliphatic hydroxyl groups is 1. The Morgan fingerprint density at radius 3 is 2.79 bits per heavy atom. The highest BCUT2D eigenvalue weighted by molar-refractivity contribution is 7.91. The first kappa shape index (κ1) is 16.8. The molecule has 0 aliphatic carbocycles. The lowest BCUT2D eigenvalue weighted by Gasteiger charge is -2.24. The molecule has 0 spiro atoms. The summed E-state index contributed by atoms with van der Waals surface area (Å²) in [6, 6.07) is -0.0511. The average Bonchev–Trinajstić information content (AvgIpc) is 2.33. The lowest BCUT2D eigenvalue weighted by molar-refractivity contribution is -0.0315. The zero-order valence-electron chi connectivity index (χ0n) is 11.7. The maximum Gasteiger partial charge on any atom is 0.151 e. The molecule has 7 heteroatoms. The van der Waals surface area contributed by atoms with E-state index in [1.807, 2.05) is 6.92 Å². The molecule has 1 aliphatic rings. The largest absolute Gasteiger partial charge is 0.389 e. The van der Waals surface area contributed by atoms with E-state index < -0.39 is 15.9 Å². The highest BCUT2D eigenvalue weighted by Gasteiger charge is 2.24. The van der Waals surface area contributed by atoms with E-state index in [2.05, 4.69) is 5.32 Å². The Bertz CT molecular complexity index is 346. The molecule has 0 saturated carbocycles. The normalized spacial score (nSPS) is 25.9. The number of hydrogen-bond acceptors (Lipinski definition) is 6. The molecule has 3 atom stereocenters. The fraction of sp³-hybridized carbons (Fsp3) is 1.00. The summed E-state index contributed by atoms with van der Waals surface area (Å²) in [5, 5.41) is 12.8. The van der Waals surface area contributed by atoms with Crippen LogP contribution in [0, 0.1) is 0 Å². The minimum Gasteiger partial charge on any atom is -0.389 e. The van der Waals surface area contributed by atoms with Gasteiger partial charge in [0.05, 0.1) is 36.9 Å². The lowest BCUT2D eigenvalue weighted by Crippen LogP contribution is -2.44. The molecule has 0 aromatic heterocycles. The van der Waals surface area contributed by atoms with Crippen LogP contribution in [0.3, 0.4) is 0 Å². The second-order valence-corrected chi connectivity index (χ2v) is 7.34. The van der Waals surface area contributed by atoms with Gasteiger partial charge in [0.2, 0.25) is 0 Å². The minimum absolute atomic E-state index is 0.0511. The Kier molecular flexibility index (Phi) is 7.23. The molecule has 0 radical (unpaired) electrons. The van der Waals surface area contributed by atoms with Crippen molar-refractivity contribution in [3.8, 4) is 0 Å². The molecule has 1 rings (SSSR count). The Hall–Kier alpha value is -0.210. The third-order valence-corrected chi connectivity index (χ3v) is 4.90. The molecule has 0 aromatic rings. The molecule has 19 heavy (non-hydrogen) atoms. The van der Waals surface area contributed by atoms with Crippen molar-refractivity contribution in [2.24, 2.45) is 0 Å². The van der Waals surface area contributed by atoms with Gasteiger partial charge in [-0.3, -0.25) is 0 Å². The Morgan fingerprint density at radius 2 is 2.16 bits per heavy atom. The van der Waals surface area contributed by atoms with Crippen molar-refractivity contribution >= 4 is 9.84 Å². The summed E-state index contributed by atoms with van der Waals surface area (Å²) >= 11 is 0. The van der Waals surface area contributed by atoms with Gasteiger partial charge in [-0.05, 0) is 19.8 Å². The smallest absolute Gasteiger partial charge is 0.151 e. The second kappa shape index (κ2) is 8.16. The Labute approximate surface area is 115 Å². The first-order chi connectivity index (χ1) is 8.93. The van der Waals surface area contributed by atoms with Gasteiger partial charge in [0.25, 0.3) is 0 Å². The number of aliphatic hydroxyl groups excluding tert-OH is 1. The van der Waals surface area contributed by atoms with Crippen molar-refractivity contribution in [2.45, 2.75) is 38.0 Å². The molecule has 1 fully saturated rings. The van der Waals surface area contributed by atoms with E-state index in [0.29, 0.717) is 19.6 Å². The Morgan fingerprint density at radius 1 is 1.42 bits per heavy atom. The van der Waals surface area contributed by atoms with Crippen LogP contribution in [-0.4, -0.2) is 70.1 Å². The summed E-state index contributed by atoms with van der Waals surface area (Å²) in [6.45, 7) is 2.93. The van der Waals surface area contributed by atoms with Crippen molar-refractivity contribution < 1.29 is 23.0 Å².